The van der Waals surface area contributed by atoms with Crippen LogP contribution in [0.3, 0.4) is 0 Å². The molecule has 0 aromatic carbocycles. The van der Waals surface area contributed by atoms with Gasteiger partial charge in [0.15, 0.2) is 0 Å². The molecule has 0 spiro atoms. The Bertz CT molecular complexity index is 396. The Labute approximate surface area is 101 Å². The summed E-state index contributed by atoms with van der Waals surface area (Å²) in [6, 6.07) is 0.436. The molecule has 2 N–H and O–H groups in total. The van der Waals surface area contributed by atoms with E-state index in [4.69, 9.17) is 5.73 Å². The summed E-state index contributed by atoms with van der Waals surface area (Å²) in [5.41, 5.74) is 5.42. The Hall–Kier alpha value is -1.59. The van der Waals surface area contributed by atoms with Crippen LogP contribution < -0.4 is 5.73 Å². The topological polar surface area (TPSA) is 77.0 Å². The third-order valence-corrected chi connectivity index (χ3v) is 2.72. The molecule has 1 amide bonds. The van der Waals surface area contributed by atoms with Gasteiger partial charge in [0.1, 0.15) is 12.9 Å². The Morgan fingerprint density at radius 1 is 1.65 bits per heavy atom. The van der Waals surface area contributed by atoms with Gasteiger partial charge in [0.05, 0.1) is 0 Å². The van der Waals surface area contributed by atoms with Gasteiger partial charge in [0, 0.05) is 12.6 Å². The van der Waals surface area contributed by atoms with Gasteiger partial charge in [-0.3, -0.25) is 4.79 Å². The van der Waals surface area contributed by atoms with E-state index in [-0.39, 0.29) is 18.4 Å². The number of nitrogen functional groups attached to an aromatic ring is 1. The molecule has 0 aliphatic heterocycles. The summed E-state index contributed by atoms with van der Waals surface area (Å²) >= 11 is 0. The highest BCUT2D eigenvalue weighted by Crippen LogP contribution is 2.27. The van der Waals surface area contributed by atoms with E-state index in [1.165, 1.54) is 11.0 Å². The molecule has 0 radical (unpaired) electrons. The summed E-state index contributed by atoms with van der Waals surface area (Å²) in [5.74, 6) is 0.797. The van der Waals surface area contributed by atoms with Crippen molar-refractivity contribution < 1.29 is 4.79 Å². The number of hydrogen-bond acceptors (Lipinski definition) is 4. The van der Waals surface area contributed by atoms with Crippen molar-refractivity contribution in [2.75, 3.05) is 12.3 Å². The summed E-state index contributed by atoms with van der Waals surface area (Å²) in [5, 5.41) is 3.93. The molecule has 0 atom stereocenters. The first kappa shape index (κ1) is 11.9. The molecule has 0 unspecified atom stereocenters. The highest BCUT2D eigenvalue weighted by Gasteiger charge is 2.32. The number of amides is 1. The molecule has 2 rings (SSSR count). The molecule has 6 heteroatoms. The second kappa shape index (κ2) is 4.73. The maximum absolute atomic E-state index is 12.1. The predicted octanol–water partition coefficient (Wildman–Crippen LogP) is 0.507. The van der Waals surface area contributed by atoms with E-state index in [9.17, 15) is 4.79 Å². The lowest BCUT2D eigenvalue weighted by molar-refractivity contribution is -0.133. The fourth-order valence-corrected chi connectivity index (χ4v) is 1.85. The SMILES string of the molecule is CC(C)CN(C(=O)Cn1cnc(N)n1)C1CC1. The molecule has 1 aromatic rings. The Morgan fingerprint density at radius 3 is 2.82 bits per heavy atom. The lowest BCUT2D eigenvalue weighted by atomic mass is 10.2. The van der Waals surface area contributed by atoms with Gasteiger partial charge in [-0.1, -0.05) is 13.8 Å². The fourth-order valence-electron chi connectivity index (χ4n) is 1.85. The van der Waals surface area contributed by atoms with Gasteiger partial charge in [0.25, 0.3) is 0 Å². The molecule has 1 aromatic heterocycles. The number of anilines is 1. The number of nitrogens with zero attached hydrogens (tertiary/aromatic N) is 4. The Kier molecular flexibility index (Phi) is 3.31. The third kappa shape index (κ3) is 3.18. The quantitative estimate of drug-likeness (QED) is 0.809. The second-order valence-electron chi connectivity index (χ2n) is 4.97. The molecule has 1 heterocycles. The monoisotopic (exact) mass is 237 g/mol. The van der Waals surface area contributed by atoms with E-state index in [2.05, 4.69) is 23.9 Å². The van der Waals surface area contributed by atoms with E-state index in [1.54, 1.807) is 0 Å². The summed E-state index contributed by atoms with van der Waals surface area (Å²) in [4.78, 5) is 17.9. The molecule has 1 saturated carbocycles. The fraction of sp³-hybridized carbons (Fsp3) is 0.727. The Morgan fingerprint density at radius 2 is 2.35 bits per heavy atom. The van der Waals surface area contributed by atoms with E-state index in [0.29, 0.717) is 12.0 Å². The summed E-state index contributed by atoms with van der Waals surface area (Å²) in [6.45, 7) is 5.29. The summed E-state index contributed by atoms with van der Waals surface area (Å²) in [7, 11) is 0. The van der Waals surface area contributed by atoms with Crippen molar-refractivity contribution in [2.45, 2.75) is 39.3 Å². The molecule has 1 fully saturated rings. The number of rotatable bonds is 5. The van der Waals surface area contributed by atoms with Gasteiger partial charge in [-0.2, -0.15) is 0 Å². The molecule has 1 aliphatic rings. The minimum atomic E-state index is 0.103. The molecule has 0 saturated heterocycles. The zero-order valence-corrected chi connectivity index (χ0v) is 10.3. The zero-order valence-electron chi connectivity index (χ0n) is 10.3. The van der Waals surface area contributed by atoms with Crippen LogP contribution >= 0.6 is 0 Å². The van der Waals surface area contributed by atoms with Crippen molar-refractivity contribution in [2.24, 2.45) is 5.92 Å². The molecular formula is C11H19N5O. The first-order chi connectivity index (χ1) is 8.06. The van der Waals surface area contributed by atoms with E-state index in [0.717, 1.165) is 19.4 Å². The van der Waals surface area contributed by atoms with Crippen LogP contribution in [0.15, 0.2) is 6.33 Å². The van der Waals surface area contributed by atoms with Crippen LogP contribution in [0.4, 0.5) is 5.95 Å². The van der Waals surface area contributed by atoms with E-state index >= 15 is 0 Å². The minimum Gasteiger partial charge on any atom is -0.367 e. The van der Waals surface area contributed by atoms with Crippen molar-refractivity contribution in [1.29, 1.82) is 0 Å². The van der Waals surface area contributed by atoms with Crippen molar-refractivity contribution in [3.8, 4) is 0 Å². The first-order valence-electron chi connectivity index (χ1n) is 6.00. The van der Waals surface area contributed by atoms with Crippen LogP contribution in [-0.2, 0) is 11.3 Å². The Balaban J connectivity index is 1.96. The van der Waals surface area contributed by atoms with Gasteiger partial charge < -0.3 is 10.6 Å². The number of carbonyl (C=O) groups is 1. The average Bonchev–Trinajstić information content (AvgIpc) is 3.00. The van der Waals surface area contributed by atoms with Crippen molar-refractivity contribution in [3.63, 3.8) is 0 Å². The normalized spacial score (nSPS) is 15.2. The van der Waals surface area contributed by atoms with Crippen LogP contribution in [0.5, 0.6) is 0 Å². The van der Waals surface area contributed by atoms with E-state index in [1.807, 2.05) is 4.90 Å². The number of nitrogens with two attached hydrogens (primary N) is 1. The van der Waals surface area contributed by atoms with Gasteiger partial charge in [-0.25, -0.2) is 9.67 Å². The van der Waals surface area contributed by atoms with Crippen molar-refractivity contribution >= 4 is 11.9 Å². The largest absolute Gasteiger partial charge is 0.367 e. The highest BCUT2D eigenvalue weighted by molar-refractivity contribution is 5.76. The summed E-state index contributed by atoms with van der Waals surface area (Å²) in [6.07, 6.45) is 3.74. The van der Waals surface area contributed by atoms with Gasteiger partial charge in [0.2, 0.25) is 11.9 Å². The highest BCUT2D eigenvalue weighted by atomic mass is 16.2. The van der Waals surface area contributed by atoms with Gasteiger partial charge in [-0.05, 0) is 18.8 Å². The second-order valence-corrected chi connectivity index (χ2v) is 4.97. The smallest absolute Gasteiger partial charge is 0.244 e. The first-order valence-corrected chi connectivity index (χ1v) is 6.00. The van der Waals surface area contributed by atoms with E-state index < -0.39 is 0 Å². The lowest BCUT2D eigenvalue weighted by Crippen LogP contribution is -2.38. The molecule has 17 heavy (non-hydrogen) atoms. The minimum absolute atomic E-state index is 0.103. The van der Waals surface area contributed by atoms with Crippen LogP contribution in [0, 0.1) is 5.92 Å². The lowest BCUT2D eigenvalue weighted by Gasteiger charge is -2.24. The molecular weight excluding hydrogens is 218 g/mol. The molecule has 6 nitrogen and oxygen atoms in total. The van der Waals surface area contributed by atoms with Crippen LogP contribution in [0.2, 0.25) is 0 Å². The standard InChI is InChI=1S/C11H19N5O/c1-8(2)5-16(9-3-4-9)10(17)6-15-7-13-11(12)14-15/h7-9H,3-6H2,1-2H3,(H2,12,14). The average molecular weight is 237 g/mol. The van der Waals surface area contributed by atoms with Crippen molar-refractivity contribution in [3.05, 3.63) is 6.33 Å². The van der Waals surface area contributed by atoms with Gasteiger partial charge in [-0.15, -0.1) is 5.10 Å². The maximum Gasteiger partial charge on any atom is 0.244 e. The molecule has 1 aliphatic carbocycles. The van der Waals surface area contributed by atoms with Crippen LogP contribution in [-0.4, -0.2) is 38.2 Å². The third-order valence-electron chi connectivity index (χ3n) is 2.72. The summed E-state index contributed by atoms with van der Waals surface area (Å²) < 4.78 is 1.49. The van der Waals surface area contributed by atoms with Crippen LogP contribution in [0.25, 0.3) is 0 Å². The molecule has 94 valence electrons. The zero-order chi connectivity index (χ0) is 12.4. The predicted molar refractivity (Wildman–Crippen MR) is 64.0 cm³/mol. The number of hydrogen-bond donors (Lipinski definition) is 1. The molecule has 0 bridgehead atoms. The maximum atomic E-state index is 12.1. The number of aromatic nitrogens is 3. The van der Waals surface area contributed by atoms with Crippen molar-refractivity contribution in [1.82, 2.24) is 19.7 Å². The van der Waals surface area contributed by atoms with Gasteiger partial charge >= 0.3 is 0 Å². The van der Waals surface area contributed by atoms with Crippen LogP contribution in [0.1, 0.15) is 26.7 Å². The number of carbonyl (C=O) groups excluding carboxylic acids is 1.